The summed E-state index contributed by atoms with van der Waals surface area (Å²) in [6.07, 6.45) is 0.931. The van der Waals surface area contributed by atoms with Gasteiger partial charge in [0, 0.05) is 5.56 Å². The van der Waals surface area contributed by atoms with Crippen LogP contribution in [-0.2, 0) is 14.7 Å². The predicted molar refractivity (Wildman–Crippen MR) is 54.4 cm³/mol. The van der Waals surface area contributed by atoms with Crippen LogP contribution in [0, 0.1) is 11.8 Å². The molecule has 1 aromatic carbocycles. The quantitative estimate of drug-likeness (QED) is 0.350. The third kappa shape index (κ3) is 5.46. The highest BCUT2D eigenvalue weighted by molar-refractivity contribution is 7.80. The Balaban J connectivity index is 2.55. The summed E-state index contributed by atoms with van der Waals surface area (Å²) in [6, 6.07) is 9.04. The predicted octanol–water partition coefficient (Wildman–Crippen LogP) is 0.843. The molecule has 0 radical (unpaired) electrons. The summed E-state index contributed by atoms with van der Waals surface area (Å²) in [5.74, 6) is 5.11. The van der Waals surface area contributed by atoms with Crippen LogP contribution >= 0.6 is 0 Å². The number of hydrogen-bond donors (Lipinski definition) is 1. The Morgan fingerprint density at radius 3 is 2.60 bits per heavy atom. The van der Waals surface area contributed by atoms with Crippen LogP contribution in [0.3, 0.4) is 0 Å². The molecule has 0 aromatic heterocycles. The third-order valence-corrected chi connectivity index (χ3v) is 1.52. The SMILES string of the molecule is O=S(=O)(O)O/N=C/C#Cc1ccccc1. The summed E-state index contributed by atoms with van der Waals surface area (Å²) < 4.78 is 31.9. The van der Waals surface area contributed by atoms with Gasteiger partial charge in [-0.05, 0) is 18.1 Å². The molecular formula is C9H7NO4S. The zero-order chi connectivity index (χ0) is 11.1. The molecule has 0 atom stereocenters. The molecule has 15 heavy (non-hydrogen) atoms. The Hall–Kier alpha value is -1.84. The summed E-state index contributed by atoms with van der Waals surface area (Å²) >= 11 is 0. The van der Waals surface area contributed by atoms with E-state index in [0.29, 0.717) is 0 Å². The highest BCUT2D eigenvalue weighted by Crippen LogP contribution is 1.94. The first kappa shape index (κ1) is 11.2. The number of rotatable bonds is 2. The molecule has 0 saturated carbocycles. The van der Waals surface area contributed by atoms with Gasteiger partial charge in [0.2, 0.25) is 0 Å². The minimum absolute atomic E-state index is 0.760. The van der Waals surface area contributed by atoms with Crippen molar-refractivity contribution in [3.63, 3.8) is 0 Å². The van der Waals surface area contributed by atoms with Gasteiger partial charge in [-0.1, -0.05) is 29.3 Å². The van der Waals surface area contributed by atoms with Gasteiger partial charge in [0.05, 0.1) is 0 Å². The average Bonchev–Trinajstić information content (AvgIpc) is 2.17. The molecule has 0 heterocycles. The van der Waals surface area contributed by atoms with Crippen LogP contribution in [-0.4, -0.2) is 19.2 Å². The van der Waals surface area contributed by atoms with Crippen LogP contribution in [0.2, 0.25) is 0 Å². The van der Waals surface area contributed by atoms with Crippen LogP contribution in [0.25, 0.3) is 0 Å². The standard InChI is InChI=1S/C9H7NO4S/c11-15(12,13)14-10-8-4-7-9-5-2-1-3-6-9/h1-3,5-6,8H,(H,11,12,13)/b10-8+. The largest absolute Gasteiger partial charge is 0.466 e. The van der Waals surface area contributed by atoms with Crippen LogP contribution in [0.15, 0.2) is 35.5 Å². The number of nitrogens with zero attached hydrogens (tertiary/aromatic N) is 1. The monoisotopic (exact) mass is 225 g/mol. The van der Waals surface area contributed by atoms with Crippen molar-refractivity contribution in [3.05, 3.63) is 35.9 Å². The van der Waals surface area contributed by atoms with Crippen molar-refractivity contribution in [2.24, 2.45) is 5.16 Å². The Morgan fingerprint density at radius 2 is 2.00 bits per heavy atom. The fourth-order valence-electron chi connectivity index (χ4n) is 0.739. The minimum atomic E-state index is -4.53. The van der Waals surface area contributed by atoms with E-state index in [9.17, 15) is 8.42 Å². The van der Waals surface area contributed by atoms with Crippen molar-refractivity contribution in [1.82, 2.24) is 0 Å². The average molecular weight is 225 g/mol. The molecular weight excluding hydrogens is 218 g/mol. The van der Waals surface area contributed by atoms with Crippen LogP contribution in [0.5, 0.6) is 0 Å². The fourth-order valence-corrected chi connectivity index (χ4v) is 0.891. The van der Waals surface area contributed by atoms with Gasteiger partial charge in [-0.2, -0.15) is 8.42 Å². The Morgan fingerprint density at radius 1 is 1.33 bits per heavy atom. The van der Waals surface area contributed by atoms with Gasteiger partial charge in [0.25, 0.3) is 0 Å². The number of hydrogen-bond acceptors (Lipinski definition) is 4. The van der Waals surface area contributed by atoms with Gasteiger partial charge in [-0.3, -0.25) is 4.55 Å². The van der Waals surface area contributed by atoms with Crippen molar-refractivity contribution in [2.45, 2.75) is 0 Å². The van der Waals surface area contributed by atoms with Crippen LogP contribution < -0.4 is 0 Å². The topological polar surface area (TPSA) is 76.0 Å². The maximum atomic E-state index is 10.0. The number of oxime groups is 1. The van der Waals surface area contributed by atoms with E-state index in [0.717, 1.165) is 11.8 Å². The van der Waals surface area contributed by atoms with E-state index in [4.69, 9.17) is 4.55 Å². The summed E-state index contributed by atoms with van der Waals surface area (Å²) in [4.78, 5) is 0. The maximum absolute atomic E-state index is 10.0. The van der Waals surface area contributed by atoms with Gasteiger partial charge >= 0.3 is 10.4 Å². The first-order valence-corrected chi connectivity index (χ1v) is 5.19. The van der Waals surface area contributed by atoms with E-state index in [1.807, 2.05) is 18.2 Å². The maximum Gasteiger partial charge on any atom is 0.466 e. The lowest BCUT2D eigenvalue weighted by Crippen LogP contribution is -1.97. The van der Waals surface area contributed by atoms with Gasteiger partial charge in [0.1, 0.15) is 6.21 Å². The van der Waals surface area contributed by atoms with E-state index < -0.39 is 10.4 Å². The molecule has 1 N–H and O–H groups in total. The molecule has 0 fully saturated rings. The summed E-state index contributed by atoms with van der Waals surface area (Å²) in [5.41, 5.74) is 0.760. The Labute approximate surface area is 87.3 Å². The molecule has 0 aliphatic rings. The first-order valence-electron chi connectivity index (χ1n) is 3.82. The first-order chi connectivity index (χ1) is 7.08. The smallest absolute Gasteiger partial charge is 0.253 e. The van der Waals surface area contributed by atoms with E-state index >= 15 is 0 Å². The van der Waals surface area contributed by atoms with E-state index in [1.54, 1.807) is 12.1 Å². The fraction of sp³-hybridized carbons (Fsp3) is 0. The second kappa shape index (κ2) is 5.14. The van der Waals surface area contributed by atoms with E-state index in [-0.39, 0.29) is 0 Å². The van der Waals surface area contributed by atoms with Crippen molar-refractivity contribution >= 4 is 16.6 Å². The second-order valence-corrected chi connectivity index (χ2v) is 3.38. The van der Waals surface area contributed by atoms with Crippen LogP contribution in [0.4, 0.5) is 0 Å². The van der Waals surface area contributed by atoms with Crippen molar-refractivity contribution < 1.29 is 17.3 Å². The van der Waals surface area contributed by atoms with Gasteiger partial charge in [-0.15, -0.1) is 0 Å². The van der Waals surface area contributed by atoms with Gasteiger partial charge in [0.15, 0.2) is 0 Å². The van der Waals surface area contributed by atoms with Gasteiger partial charge in [-0.25, -0.2) is 4.28 Å². The zero-order valence-corrected chi connectivity index (χ0v) is 8.31. The Kier molecular flexibility index (Phi) is 3.85. The van der Waals surface area contributed by atoms with Gasteiger partial charge < -0.3 is 0 Å². The lowest BCUT2D eigenvalue weighted by atomic mass is 10.2. The molecule has 0 amide bonds. The lowest BCUT2D eigenvalue weighted by molar-refractivity contribution is 0.284. The zero-order valence-electron chi connectivity index (χ0n) is 7.49. The molecule has 1 aromatic rings. The summed E-state index contributed by atoms with van der Waals surface area (Å²) in [6.45, 7) is 0. The highest BCUT2D eigenvalue weighted by Gasteiger charge is 1.99. The van der Waals surface area contributed by atoms with Crippen molar-refractivity contribution in [1.29, 1.82) is 0 Å². The molecule has 0 spiro atoms. The molecule has 0 bridgehead atoms. The normalized spacial score (nSPS) is 10.7. The highest BCUT2D eigenvalue weighted by atomic mass is 32.3. The molecule has 0 saturated heterocycles. The third-order valence-electron chi connectivity index (χ3n) is 1.24. The second-order valence-electron chi connectivity index (χ2n) is 2.37. The van der Waals surface area contributed by atoms with E-state index in [2.05, 4.69) is 21.3 Å². The minimum Gasteiger partial charge on any atom is -0.253 e. The van der Waals surface area contributed by atoms with Crippen molar-refractivity contribution in [3.8, 4) is 11.8 Å². The molecule has 0 aliphatic carbocycles. The van der Waals surface area contributed by atoms with E-state index in [1.165, 1.54) is 0 Å². The molecule has 0 aliphatic heterocycles. The Bertz CT molecular complexity index is 496. The van der Waals surface area contributed by atoms with Crippen LogP contribution in [0.1, 0.15) is 5.56 Å². The summed E-state index contributed by atoms with van der Waals surface area (Å²) in [5, 5.41) is 2.92. The molecule has 0 unspecified atom stereocenters. The van der Waals surface area contributed by atoms with Crippen molar-refractivity contribution in [2.75, 3.05) is 0 Å². The molecule has 5 nitrogen and oxygen atoms in total. The summed E-state index contributed by atoms with van der Waals surface area (Å²) in [7, 11) is -4.53. The molecule has 1 rings (SSSR count). The molecule has 6 heteroatoms. The number of benzene rings is 1. The lowest BCUT2D eigenvalue weighted by Gasteiger charge is -1.87. The molecule has 78 valence electrons.